The normalized spacial score (nSPS) is 11.7. The maximum Gasteiger partial charge on any atom is 0.433 e. The van der Waals surface area contributed by atoms with E-state index in [-0.39, 0.29) is 10.7 Å². The zero-order valence-electron chi connectivity index (χ0n) is 10.3. The van der Waals surface area contributed by atoms with Crippen LogP contribution in [0.25, 0.3) is 0 Å². The molecule has 0 fully saturated rings. The van der Waals surface area contributed by atoms with Crippen molar-refractivity contribution in [1.29, 1.82) is 0 Å². The number of nitrogens with one attached hydrogen (secondary N) is 1. The molecule has 21 heavy (non-hydrogen) atoms. The van der Waals surface area contributed by atoms with Crippen LogP contribution in [0, 0.1) is 10.1 Å². The maximum atomic E-state index is 11.8. The Kier molecular flexibility index (Phi) is 4.24. The van der Waals surface area contributed by atoms with Gasteiger partial charge in [-0.3, -0.25) is 10.1 Å². The first-order valence-corrected chi connectivity index (χ1v) is 7.29. The van der Waals surface area contributed by atoms with Crippen LogP contribution >= 0.6 is 11.6 Å². The van der Waals surface area contributed by atoms with Crippen molar-refractivity contribution in [1.82, 2.24) is 4.83 Å². The van der Waals surface area contributed by atoms with E-state index in [1.54, 1.807) is 0 Å². The smallest absolute Gasteiger partial charge is 0.400 e. The van der Waals surface area contributed by atoms with Gasteiger partial charge in [0, 0.05) is 5.02 Å². The molecule has 8 nitrogen and oxygen atoms in total. The van der Waals surface area contributed by atoms with Gasteiger partial charge in [0.25, 0.3) is 10.0 Å². The van der Waals surface area contributed by atoms with Gasteiger partial charge in [-0.15, -0.1) is 0 Å². The molecule has 0 atom stereocenters. The second kappa shape index (κ2) is 5.94. The lowest BCUT2D eigenvalue weighted by atomic mass is 10.4. The molecule has 1 aromatic heterocycles. The first-order valence-electron chi connectivity index (χ1n) is 5.43. The van der Waals surface area contributed by atoms with Gasteiger partial charge >= 0.3 is 5.88 Å². The van der Waals surface area contributed by atoms with Gasteiger partial charge in [-0.1, -0.05) is 11.6 Å². The number of nitrogens with zero attached hydrogens (tertiary/aromatic N) is 2. The fraction of sp³-hybridized carbons (Fsp3) is 0. The Labute approximate surface area is 124 Å². The third-order valence-electron chi connectivity index (χ3n) is 2.28. The number of hydrogen-bond donors (Lipinski definition) is 1. The van der Waals surface area contributed by atoms with Gasteiger partial charge in [0.05, 0.1) is 17.2 Å². The van der Waals surface area contributed by atoms with Crippen LogP contribution in [0.4, 0.5) is 5.88 Å². The van der Waals surface area contributed by atoms with Crippen LogP contribution in [0.2, 0.25) is 5.02 Å². The zero-order chi connectivity index (χ0) is 15.5. The highest BCUT2D eigenvalue weighted by molar-refractivity contribution is 7.89. The molecule has 0 saturated carbocycles. The fourth-order valence-corrected chi connectivity index (χ4v) is 2.25. The van der Waals surface area contributed by atoms with Crippen LogP contribution in [0.3, 0.4) is 0 Å². The molecule has 0 bridgehead atoms. The van der Waals surface area contributed by atoms with E-state index in [9.17, 15) is 18.5 Å². The maximum absolute atomic E-state index is 11.8. The molecule has 0 unspecified atom stereocenters. The number of hydrazone groups is 1. The topological polar surface area (TPSA) is 115 Å². The van der Waals surface area contributed by atoms with E-state index in [4.69, 9.17) is 16.0 Å². The van der Waals surface area contributed by atoms with Crippen molar-refractivity contribution in [2.45, 2.75) is 4.90 Å². The van der Waals surface area contributed by atoms with Gasteiger partial charge in [-0.25, -0.2) is 0 Å². The van der Waals surface area contributed by atoms with Crippen molar-refractivity contribution in [3.05, 3.63) is 57.3 Å². The van der Waals surface area contributed by atoms with E-state index >= 15 is 0 Å². The average Bonchev–Trinajstić information content (AvgIpc) is 2.88. The first kappa shape index (κ1) is 15.0. The van der Waals surface area contributed by atoms with Crippen LogP contribution in [-0.2, 0) is 10.0 Å². The number of halogens is 1. The van der Waals surface area contributed by atoms with Crippen LogP contribution in [0.15, 0.2) is 50.8 Å². The van der Waals surface area contributed by atoms with Gasteiger partial charge < -0.3 is 4.42 Å². The summed E-state index contributed by atoms with van der Waals surface area (Å²) in [4.78, 5) is 11.6. The van der Waals surface area contributed by atoms with E-state index in [2.05, 4.69) is 5.10 Å². The molecule has 0 radical (unpaired) electrons. The van der Waals surface area contributed by atoms with Crippen molar-refractivity contribution in [2.24, 2.45) is 5.10 Å². The Morgan fingerprint density at radius 1 is 1.24 bits per heavy atom. The highest BCUT2D eigenvalue weighted by atomic mass is 35.5. The van der Waals surface area contributed by atoms with Gasteiger partial charge in [-0.05, 0) is 30.3 Å². The highest BCUT2D eigenvalue weighted by Gasteiger charge is 2.13. The van der Waals surface area contributed by atoms with E-state index in [1.807, 2.05) is 4.83 Å². The van der Waals surface area contributed by atoms with Crippen LogP contribution in [0.1, 0.15) is 5.76 Å². The molecule has 0 saturated heterocycles. The van der Waals surface area contributed by atoms with Crippen molar-refractivity contribution >= 4 is 33.7 Å². The van der Waals surface area contributed by atoms with Crippen molar-refractivity contribution in [3.8, 4) is 0 Å². The van der Waals surface area contributed by atoms with E-state index in [1.165, 1.54) is 30.3 Å². The SMILES string of the molecule is O=[N+]([O-])c1ccc(/C=N\NS(=O)(=O)c2ccc(Cl)cc2)o1. The Hall–Kier alpha value is -2.39. The summed E-state index contributed by atoms with van der Waals surface area (Å²) in [5, 5.41) is 14.3. The summed E-state index contributed by atoms with van der Waals surface area (Å²) >= 11 is 5.66. The van der Waals surface area contributed by atoms with E-state index in [0.29, 0.717) is 5.02 Å². The molecule has 0 aliphatic rings. The number of nitro groups is 1. The number of benzene rings is 1. The summed E-state index contributed by atoms with van der Waals surface area (Å²) in [5.74, 6) is -0.419. The molecule has 0 spiro atoms. The van der Waals surface area contributed by atoms with Gasteiger partial charge in [-0.2, -0.15) is 18.4 Å². The Morgan fingerprint density at radius 3 is 2.48 bits per heavy atom. The lowest BCUT2D eigenvalue weighted by Gasteiger charge is -2.02. The Balaban J connectivity index is 2.08. The van der Waals surface area contributed by atoms with E-state index < -0.39 is 20.8 Å². The summed E-state index contributed by atoms with van der Waals surface area (Å²) in [6, 6.07) is 7.91. The Bertz CT molecular complexity index is 782. The summed E-state index contributed by atoms with van der Waals surface area (Å²) < 4.78 is 28.5. The second-order valence-electron chi connectivity index (χ2n) is 3.74. The molecule has 1 heterocycles. The number of furan rings is 1. The quantitative estimate of drug-likeness (QED) is 0.512. The van der Waals surface area contributed by atoms with Crippen molar-refractivity contribution < 1.29 is 17.8 Å². The monoisotopic (exact) mass is 329 g/mol. The van der Waals surface area contributed by atoms with Crippen LogP contribution < -0.4 is 4.83 Å². The Morgan fingerprint density at radius 2 is 1.90 bits per heavy atom. The van der Waals surface area contributed by atoms with Crippen LogP contribution in [-0.4, -0.2) is 19.6 Å². The molecule has 10 heteroatoms. The average molecular weight is 330 g/mol. The molecule has 1 N–H and O–H groups in total. The minimum Gasteiger partial charge on any atom is -0.400 e. The summed E-state index contributed by atoms with van der Waals surface area (Å²) in [7, 11) is -3.84. The molecule has 2 aromatic rings. The highest BCUT2D eigenvalue weighted by Crippen LogP contribution is 2.15. The molecule has 0 aliphatic carbocycles. The third kappa shape index (κ3) is 3.80. The largest absolute Gasteiger partial charge is 0.433 e. The number of rotatable bonds is 5. The second-order valence-corrected chi connectivity index (χ2v) is 5.84. The number of sulfonamides is 1. The summed E-state index contributed by atoms with van der Waals surface area (Å²) in [6.07, 6.45) is 1.01. The number of hydrogen-bond acceptors (Lipinski definition) is 6. The van der Waals surface area contributed by atoms with Gasteiger partial charge in [0.15, 0.2) is 5.76 Å². The summed E-state index contributed by atoms with van der Waals surface area (Å²) in [5.41, 5.74) is 0. The van der Waals surface area contributed by atoms with Crippen molar-refractivity contribution in [3.63, 3.8) is 0 Å². The fourth-order valence-electron chi connectivity index (χ4n) is 1.34. The minimum absolute atomic E-state index is 0.0190. The van der Waals surface area contributed by atoms with Crippen LogP contribution in [0.5, 0.6) is 0 Å². The zero-order valence-corrected chi connectivity index (χ0v) is 11.8. The molecule has 0 aliphatic heterocycles. The molecular formula is C11H8ClN3O5S. The first-order chi connectivity index (χ1) is 9.88. The third-order valence-corrected chi connectivity index (χ3v) is 3.77. The minimum atomic E-state index is -3.84. The predicted molar refractivity (Wildman–Crippen MR) is 74.7 cm³/mol. The molecule has 1 aromatic carbocycles. The van der Waals surface area contributed by atoms with E-state index in [0.717, 1.165) is 12.3 Å². The van der Waals surface area contributed by atoms with Gasteiger partial charge in [0.1, 0.15) is 4.92 Å². The molecular weight excluding hydrogens is 322 g/mol. The summed E-state index contributed by atoms with van der Waals surface area (Å²) in [6.45, 7) is 0. The lowest BCUT2D eigenvalue weighted by Crippen LogP contribution is -2.18. The lowest BCUT2D eigenvalue weighted by molar-refractivity contribution is -0.402. The molecule has 0 amide bonds. The van der Waals surface area contributed by atoms with Crippen molar-refractivity contribution in [2.75, 3.05) is 0 Å². The molecule has 2 rings (SSSR count). The standard InChI is InChI=1S/C11H8ClN3O5S/c12-8-1-4-10(5-2-8)21(18,19)14-13-7-9-3-6-11(20-9)15(16)17/h1-7,14H/b13-7-. The van der Waals surface area contributed by atoms with Gasteiger partial charge in [0.2, 0.25) is 0 Å². The predicted octanol–water partition coefficient (Wildman–Crippen LogP) is 2.15. The molecule has 110 valence electrons.